The van der Waals surface area contributed by atoms with Crippen LogP contribution in [0.15, 0.2) is 53.3 Å². The molecule has 3 rings (SSSR count). The highest BCUT2D eigenvalue weighted by Gasteiger charge is 2.17. The van der Waals surface area contributed by atoms with Crippen molar-refractivity contribution in [1.82, 2.24) is 15.3 Å². The number of esters is 1. The number of methoxy groups -OCH3 is 1. The molecule has 0 aliphatic heterocycles. The fourth-order valence-corrected chi connectivity index (χ4v) is 2.38. The number of benzene rings is 2. The molecule has 0 saturated heterocycles. The maximum atomic E-state index is 12.1. The van der Waals surface area contributed by atoms with Crippen LogP contribution < -0.4 is 15.6 Å². The van der Waals surface area contributed by atoms with E-state index < -0.39 is 23.5 Å². The molecule has 8 nitrogen and oxygen atoms in total. The molecule has 0 aliphatic rings. The van der Waals surface area contributed by atoms with E-state index in [1.54, 1.807) is 24.3 Å². The number of hydrogen-bond acceptors (Lipinski definition) is 6. The van der Waals surface area contributed by atoms with Gasteiger partial charge in [-0.15, -0.1) is 0 Å². The number of amides is 1. The Kier molecular flexibility index (Phi) is 5.16. The lowest BCUT2D eigenvalue weighted by atomic mass is 10.2. The van der Waals surface area contributed by atoms with E-state index in [0.29, 0.717) is 22.3 Å². The van der Waals surface area contributed by atoms with Crippen LogP contribution in [0.2, 0.25) is 0 Å². The van der Waals surface area contributed by atoms with Crippen molar-refractivity contribution in [2.24, 2.45) is 0 Å². The Hall–Kier alpha value is -3.68. The Bertz CT molecular complexity index is 1040. The lowest BCUT2D eigenvalue weighted by Crippen LogP contribution is -2.39. The summed E-state index contributed by atoms with van der Waals surface area (Å²) < 4.78 is 10.1. The summed E-state index contributed by atoms with van der Waals surface area (Å²) in [6, 6.07) is 12.4. The van der Waals surface area contributed by atoms with Crippen LogP contribution in [0.4, 0.5) is 0 Å². The summed E-state index contributed by atoms with van der Waals surface area (Å²) in [5, 5.41) is 2.52. The van der Waals surface area contributed by atoms with Crippen LogP contribution in [0, 0.1) is 0 Å². The molecule has 0 unspecified atom stereocenters. The first-order chi connectivity index (χ1) is 13.0. The van der Waals surface area contributed by atoms with Crippen molar-refractivity contribution in [3.8, 4) is 11.6 Å². The Morgan fingerprint density at radius 2 is 1.81 bits per heavy atom. The molecule has 0 aliphatic carbocycles. The minimum absolute atomic E-state index is 0.0924. The first-order valence-corrected chi connectivity index (χ1v) is 8.13. The van der Waals surface area contributed by atoms with Crippen LogP contribution in [0.3, 0.4) is 0 Å². The zero-order valence-corrected chi connectivity index (χ0v) is 14.7. The van der Waals surface area contributed by atoms with E-state index in [-0.39, 0.29) is 5.88 Å². The topological polar surface area (TPSA) is 110 Å². The number of carbonyl (C=O) groups is 2. The van der Waals surface area contributed by atoms with Gasteiger partial charge in [-0.25, -0.2) is 9.78 Å². The van der Waals surface area contributed by atoms with Crippen LogP contribution in [0.5, 0.6) is 11.6 Å². The Morgan fingerprint density at radius 1 is 1.11 bits per heavy atom. The van der Waals surface area contributed by atoms with Gasteiger partial charge < -0.3 is 19.8 Å². The molecule has 1 atom stereocenters. The Morgan fingerprint density at radius 3 is 2.52 bits per heavy atom. The van der Waals surface area contributed by atoms with Crippen LogP contribution in [0.25, 0.3) is 11.0 Å². The van der Waals surface area contributed by atoms with E-state index in [1.807, 2.05) is 0 Å². The molecule has 0 fully saturated rings. The minimum Gasteiger partial charge on any atom is -0.467 e. The van der Waals surface area contributed by atoms with Crippen LogP contribution >= 0.6 is 0 Å². The average molecular weight is 367 g/mol. The molecule has 2 aromatic carbocycles. The van der Waals surface area contributed by atoms with Gasteiger partial charge in [0, 0.05) is 5.56 Å². The molecule has 8 heteroatoms. The van der Waals surface area contributed by atoms with Gasteiger partial charge in [-0.1, -0.05) is 12.1 Å². The number of nitrogens with zero attached hydrogens (tertiary/aromatic N) is 1. The van der Waals surface area contributed by atoms with Gasteiger partial charge >= 0.3 is 11.5 Å². The van der Waals surface area contributed by atoms with Gasteiger partial charge in [0.2, 0.25) is 0 Å². The van der Waals surface area contributed by atoms with E-state index in [9.17, 15) is 14.4 Å². The highest BCUT2D eigenvalue weighted by molar-refractivity contribution is 5.96. The molecule has 2 N–H and O–H groups in total. The highest BCUT2D eigenvalue weighted by Crippen LogP contribution is 2.19. The predicted octanol–water partition coefficient (Wildman–Crippen LogP) is 2.01. The predicted molar refractivity (Wildman–Crippen MR) is 97.8 cm³/mol. The lowest BCUT2D eigenvalue weighted by Gasteiger charge is -2.11. The number of aromatic amines is 1. The van der Waals surface area contributed by atoms with Crippen molar-refractivity contribution in [3.05, 3.63) is 64.4 Å². The van der Waals surface area contributed by atoms with Gasteiger partial charge in [0.05, 0.1) is 18.1 Å². The highest BCUT2D eigenvalue weighted by atomic mass is 16.5. The molecule has 1 aromatic heterocycles. The van der Waals surface area contributed by atoms with Crippen LogP contribution in [-0.4, -0.2) is 35.0 Å². The molecule has 0 bridgehead atoms. The number of hydrogen-bond donors (Lipinski definition) is 2. The number of nitrogens with one attached hydrogen (secondary N) is 2. The summed E-state index contributed by atoms with van der Waals surface area (Å²) in [5.74, 6) is -0.711. The molecular weight excluding hydrogens is 350 g/mol. The summed E-state index contributed by atoms with van der Waals surface area (Å²) >= 11 is 0. The van der Waals surface area contributed by atoms with Gasteiger partial charge in [0.25, 0.3) is 11.8 Å². The Labute approximate surface area is 154 Å². The second-order valence-corrected chi connectivity index (χ2v) is 5.73. The largest absolute Gasteiger partial charge is 0.467 e. The molecule has 0 spiro atoms. The van der Waals surface area contributed by atoms with Gasteiger partial charge in [0.15, 0.2) is 0 Å². The third-order valence-electron chi connectivity index (χ3n) is 3.80. The maximum absolute atomic E-state index is 12.1. The molecule has 3 aromatic rings. The van der Waals surface area contributed by atoms with Crippen LogP contribution in [-0.2, 0) is 9.53 Å². The van der Waals surface area contributed by atoms with Gasteiger partial charge in [-0.3, -0.25) is 9.59 Å². The van der Waals surface area contributed by atoms with Crippen LogP contribution in [0.1, 0.15) is 17.3 Å². The molecule has 0 saturated carbocycles. The van der Waals surface area contributed by atoms with E-state index in [1.165, 1.54) is 38.3 Å². The summed E-state index contributed by atoms with van der Waals surface area (Å²) in [7, 11) is 1.25. The minimum atomic E-state index is -0.765. The molecule has 27 heavy (non-hydrogen) atoms. The van der Waals surface area contributed by atoms with E-state index in [0.717, 1.165) is 0 Å². The number of fused-ring (bicyclic) bond motifs is 1. The van der Waals surface area contributed by atoms with Gasteiger partial charge in [0.1, 0.15) is 11.8 Å². The summed E-state index contributed by atoms with van der Waals surface area (Å²) in [6.45, 7) is 1.53. The summed E-state index contributed by atoms with van der Waals surface area (Å²) in [4.78, 5) is 42.5. The van der Waals surface area contributed by atoms with Crippen molar-refractivity contribution in [1.29, 1.82) is 0 Å². The quantitative estimate of drug-likeness (QED) is 0.668. The van der Waals surface area contributed by atoms with E-state index >= 15 is 0 Å². The summed E-state index contributed by atoms with van der Waals surface area (Å²) in [6.07, 6.45) is 0. The third kappa shape index (κ3) is 4.12. The zero-order valence-electron chi connectivity index (χ0n) is 14.7. The van der Waals surface area contributed by atoms with Gasteiger partial charge in [-0.2, -0.15) is 0 Å². The van der Waals surface area contributed by atoms with E-state index in [2.05, 4.69) is 20.0 Å². The number of ether oxygens (including phenoxy) is 2. The monoisotopic (exact) mass is 367 g/mol. The fraction of sp³-hybridized carbons (Fsp3) is 0.158. The first kappa shape index (κ1) is 18.1. The number of carbonyl (C=O) groups excluding carboxylic acids is 2. The van der Waals surface area contributed by atoms with Crippen molar-refractivity contribution < 1.29 is 19.1 Å². The van der Waals surface area contributed by atoms with E-state index in [4.69, 9.17) is 4.74 Å². The van der Waals surface area contributed by atoms with Crippen molar-refractivity contribution >= 4 is 22.9 Å². The number of H-pyrrole nitrogens is 1. The van der Waals surface area contributed by atoms with Crippen molar-refractivity contribution in [2.45, 2.75) is 13.0 Å². The molecule has 138 valence electrons. The SMILES string of the molecule is COC(=O)[C@H](C)NC(=O)c1ccc(Oc2nc3ccccc3[nH]c2=O)cc1. The maximum Gasteiger partial charge on any atom is 0.328 e. The van der Waals surface area contributed by atoms with Crippen molar-refractivity contribution in [2.75, 3.05) is 7.11 Å². The molecule has 1 heterocycles. The fourth-order valence-electron chi connectivity index (χ4n) is 2.38. The average Bonchev–Trinajstić information content (AvgIpc) is 2.68. The number of rotatable bonds is 5. The molecule has 1 amide bonds. The smallest absolute Gasteiger partial charge is 0.328 e. The lowest BCUT2D eigenvalue weighted by molar-refractivity contribution is -0.142. The first-order valence-electron chi connectivity index (χ1n) is 8.13. The second kappa shape index (κ2) is 7.69. The molecule has 0 radical (unpaired) electrons. The molecular formula is C19H17N3O5. The number of para-hydroxylation sites is 2. The zero-order chi connectivity index (χ0) is 19.4. The van der Waals surface area contributed by atoms with Gasteiger partial charge in [-0.05, 0) is 43.3 Å². The normalized spacial score (nSPS) is 11.6. The summed E-state index contributed by atoms with van der Waals surface area (Å²) in [5.41, 5.74) is 1.09. The van der Waals surface area contributed by atoms with Crippen molar-refractivity contribution in [3.63, 3.8) is 0 Å². The second-order valence-electron chi connectivity index (χ2n) is 5.73. The Balaban J connectivity index is 1.74. The standard InChI is InChI=1S/C19H17N3O5/c1-11(19(25)26-2)20-16(23)12-7-9-13(10-8-12)27-18-17(24)21-14-5-3-4-6-15(14)22-18/h3-11H,1-2H3,(H,20,23)(H,21,24)/t11-/m0/s1. The third-order valence-corrected chi connectivity index (χ3v) is 3.80. The number of aromatic nitrogens is 2.